The molecule has 0 aromatic carbocycles. The van der Waals surface area contributed by atoms with Gasteiger partial charge in [0.2, 0.25) is 0 Å². The molecule has 11 heavy (non-hydrogen) atoms. The topological polar surface area (TPSA) is 42.4 Å². The Kier molecular flexibility index (Phi) is 2.99. The molecule has 0 fully saturated rings. The fraction of sp³-hybridized carbons (Fsp3) is 0.571. The van der Waals surface area contributed by atoms with Gasteiger partial charge in [-0.1, -0.05) is 0 Å². The Morgan fingerprint density at radius 3 is 3.00 bits per heavy atom. The Hall–Kier alpha value is -0.450. The van der Waals surface area contributed by atoms with Crippen LogP contribution in [0, 0.1) is 6.92 Å². The van der Waals surface area contributed by atoms with E-state index in [2.05, 4.69) is 4.98 Å². The highest BCUT2D eigenvalue weighted by molar-refractivity contribution is 7.09. The van der Waals surface area contributed by atoms with E-state index in [0.29, 0.717) is 6.61 Å². The normalized spacial score (nSPS) is 13.4. The summed E-state index contributed by atoms with van der Waals surface area (Å²) in [5, 5.41) is 12.0. The van der Waals surface area contributed by atoms with Crippen molar-refractivity contribution in [3.8, 4) is 0 Å². The van der Waals surface area contributed by atoms with Crippen molar-refractivity contribution < 1.29 is 9.84 Å². The van der Waals surface area contributed by atoms with Crippen LogP contribution in [0.25, 0.3) is 0 Å². The van der Waals surface area contributed by atoms with Crippen molar-refractivity contribution in [3.63, 3.8) is 0 Å². The lowest BCUT2D eigenvalue weighted by Crippen LogP contribution is -2.04. The first-order chi connectivity index (χ1) is 5.24. The Bertz CT molecular complexity index is 224. The predicted octanol–water partition coefficient (Wildman–Crippen LogP) is 1.13. The summed E-state index contributed by atoms with van der Waals surface area (Å²) < 4.78 is 4.78. The summed E-state index contributed by atoms with van der Waals surface area (Å²) in [5.74, 6) is 0. The number of rotatable bonds is 3. The molecule has 0 saturated carbocycles. The number of aryl methyl sites for hydroxylation is 1. The Morgan fingerprint density at radius 2 is 2.55 bits per heavy atom. The minimum Gasteiger partial charge on any atom is -0.383 e. The van der Waals surface area contributed by atoms with Gasteiger partial charge in [0.15, 0.2) is 0 Å². The summed E-state index contributed by atoms with van der Waals surface area (Å²) in [6.45, 7) is 2.21. The molecule has 0 saturated heterocycles. The van der Waals surface area contributed by atoms with Crippen molar-refractivity contribution in [3.05, 3.63) is 16.1 Å². The highest BCUT2D eigenvalue weighted by Gasteiger charge is 2.09. The molecule has 0 amide bonds. The maximum atomic E-state index is 9.36. The van der Waals surface area contributed by atoms with Crippen molar-refractivity contribution in [2.45, 2.75) is 13.0 Å². The molecular formula is C7H11NO2S. The summed E-state index contributed by atoms with van der Waals surface area (Å²) in [6, 6.07) is 0. The standard InChI is InChI=1S/C7H11NO2S/c1-5-4-11-7(8-5)6(9)3-10-2/h4,6,9H,3H2,1-2H3. The van der Waals surface area contributed by atoms with Crippen LogP contribution in [0.1, 0.15) is 16.8 Å². The number of hydrogen-bond acceptors (Lipinski definition) is 4. The van der Waals surface area contributed by atoms with Crippen LogP contribution in [0.5, 0.6) is 0 Å². The summed E-state index contributed by atoms with van der Waals surface area (Å²) in [7, 11) is 1.56. The molecule has 0 aliphatic rings. The minimum atomic E-state index is -0.571. The lowest BCUT2D eigenvalue weighted by atomic mass is 10.4. The van der Waals surface area contributed by atoms with Crippen LogP contribution in [0.3, 0.4) is 0 Å². The van der Waals surface area contributed by atoms with Crippen LogP contribution in [0.15, 0.2) is 5.38 Å². The zero-order valence-electron chi connectivity index (χ0n) is 6.57. The van der Waals surface area contributed by atoms with Gasteiger partial charge < -0.3 is 9.84 Å². The quantitative estimate of drug-likeness (QED) is 0.745. The average molecular weight is 173 g/mol. The SMILES string of the molecule is COCC(O)c1nc(C)cs1. The van der Waals surface area contributed by atoms with E-state index in [4.69, 9.17) is 4.74 Å². The smallest absolute Gasteiger partial charge is 0.129 e. The van der Waals surface area contributed by atoms with Crippen molar-refractivity contribution in [2.24, 2.45) is 0 Å². The van der Waals surface area contributed by atoms with Gasteiger partial charge in [-0.15, -0.1) is 11.3 Å². The fourth-order valence-corrected chi connectivity index (χ4v) is 1.52. The number of ether oxygens (including phenoxy) is 1. The van der Waals surface area contributed by atoms with Crippen LogP contribution >= 0.6 is 11.3 Å². The molecule has 0 aliphatic heterocycles. The Morgan fingerprint density at radius 1 is 1.82 bits per heavy atom. The van der Waals surface area contributed by atoms with Crippen LogP contribution in [-0.2, 0) is 4.74 Å². The van der Waals surface area contributed by atoms with E-state index in [1.807, 2.05) is 12.3 Å². The number of nitrogens with zero attached hydrogens (tertiary/aromatic N) is 1. The van der Waals surface area contributed by atoms with Crippen LogP contribution in [0.4, 0.5) is 0 Å². The number of methoxy groups -OCH3 is 1. The second-order valence-electron chi connectivity index (χ2n) is 2.30. The zero-order chi connectivity index (χ0) is 8.27. The highest BCUT2D eigenvalue weighted by Crippen LogP contribution is 2.17. The summed E-state index contributed by atoms with van der Waals surface area (Å²) in [4.78, 5) is 4.12. The maximum absolute atomic E-state index is 9.36. The van der Waals surface area contributed by atoms with Gasteiger partial charge in [0.1, 0.15) is 11.1 Å². The van der Waals surface area contributed by atoms with E-state index in [0.717, 1.165) is 10.7 Å². The Balaban J connectivity index is 2.60. The van der Waals surface area contributed by atoms with Crippen LogP contribution in [0.2, 0.25) is 0 Å². The predicted molar refractivity (Wildman–Crippen MR) is 43.7 cm³/mol. The van der Waals surface area contributed by atoms with Gasteiger partial charge in [0, 0.05) is 18.2 Å². The van der Waals surface area contributed by atoms with Crippen LogP contribution < -0.4 is 0 Å². The van der Waals surface area contributed by atoms with Crippen molar-refractivity contribution in [2.75, 3.05) is 13.7 Å². The summed E-state index contributed by atoms with van der Waals surface area (Å²) in [6.07, 6.45) is -0.571. The van der Waals surface area contributed by atoms with Gasteiger partial charge in [0.25, 0.3) is 0 Å². The largest absolute Gasteiger partial charge is 0.383 e. The highest BCUT2D eigenvalue weighted by atomic mass is 32.1. The van der Waals surface area contributed by atoms with E-state index in [1.165, 1.54) is 11.3 Å². The summed E-state index contributed by atoms with van der Waals surface area (Å²) in [5.41, 5.74) is 0.945. The molecule has 0 spiro atoms. The van der Waals surface area contributed by atoms with Crippen molar-refractivity contribution in [1.29, 1.82) is 0 Å². The molecule has 0 aliphatic carbocycles. The van der Waals surface area contributed by atoms with Gasteiger partial charge in [0.05, 0.1) is 6.61 Å². The molecule has 0 bridgehead atoms. The third-order valence-corrected chi connectivity index (χ3v) is 2.31. The number of aliphatic hydroxyl groups is 1. The number of aromatic nitrogens is 1. The van der Waals surface area contributed by atoms with Crippen molar-refractivity contribution >= 4 is 11.3 Å². The lowest BCUT2D eigenvalue weighted by Gasteiger charge is -2.03. The molecule has 1 N–H and O–H groups in total. The van der Waals surface area contributed by atoms with Gasteiger partial charge in [-0.25, -0.2) is 4.98 Å². The van der Waals surface area contributed by atoms with E-state index < -0.39 is 6.10 Å². The molecule has 1 aromatic heterocycles. The van der Waals surface area contributed by atoms with Gasteiger partial charge >= 0.3 is 0 Å². The number of thiazole rings is 1. The second-order valence-corrected chi connectivity index (χ2v) is 3.19. The van der Waals surface area contributed by atoms with Gasteiger partial charge in [-0.3, -0.25) is 0 Å². The third kappa shape index (κ3) is 2.25. The van der Waals surface area contributed by atoms with Crippen LogP contribution in [-0.4, -0.2) is 23.8 Å². The molecule has 1 atom stereocenters. The van der Waals surface area contributed by atoms with Gasteiger partial charge in [-0.05, 0) is 6.92 Å². The molecule has 3 nitrogen and oxygen atoms in total. The number of hydrogen-bond donors (Lipinski definition) is 1. The van der Waals surface area contributed by atoms with E-state index in [1.54, 1.807) is 7.11 Å². The minimum absolute atomic E-state index is 0.312. The molecule has 62 valence electrons. The first kappa shape index (κ1) is 8.64. The molecule has 1 aromatic rings. The first-order valence-electron chi connectivity index (χ1n) is 3.33. The molecule has 0 radical (unpaired) electrons. The Labute approximate surface area is 69.7 Å². The molecule has 1 rings (SSSR count). The van der Waals surface area contributed by atoms with E-state index in [9.17, 15) is 5.11 Å². The zero-order valence-corrected chi connectivity index (χ0v) is 7.39. The third-order valence-electron chi connectivity index (χ3n) is 1.25. The average Bonchev–Trinajstić information content (AvgIpc) is 2.36. The molecule has 4 heteroatoms. The number of aliphatic hydroxyl groups excluding tert-OH is 1. The molecule has 1 heterocycles. The summed E-state index contributed by atoms with van der Waals surface area (Å²) >= 11 is 1.46. The van der Waals surface area contributed by atoms with E-state index in [-0.39, 0.29) is 0 Å². The van der Waals surface area contributed by atoms with Gasteiger partial charge in [-0.2, -0.15) is 0 Å². The fourth-order valence-electron chi connectivity index (χ4n) is 0.754. The monoisotopic (exact) mass is 173 g/mol. The second kappa shape index (κ2) is 3.80. The molecule has 1 unspecified atom stereocenters. The van der Waals surface area contributed by atoms with E-state index >= 15 is 0 Å². The first-order valence-corrected chi connectivity index (χ1v) is 4.21. The molecular weight excluding hydrogens is 162 g/mol. The van der Waals surface area contributed by atoms with Crippen molar-refractivity contribution in [1.82, 2.24) is 4.98 Å². The maximum Gasteiger partial charge on any atom is 0.129 e. The lowest BCUT2D eigenvalue weighted by molar-refractivity contribution is 0.0642.